The summed E-state index contributed by atoms with van der Waals surface area (Å²) < 4.78 is 4.23. The van der Waals surface area contributed by atoms with Gasteiger partial charge in [0.25, 0.3) is 5.56 Å². The van der Waals surface area contributed by atoms with Crippen LogP contribution in [0.2, 0.25) is 0 Å². The Bertz CT molecular complexity index is 816. The molecule has 1 unspecified atom stereocenters. The largest absolute Gasteiger partial charge is 0.332 e. The van der Waals surface area contributed by atoms with E-state index >= 15 is 0 Å². The first-order valence-electron chi connectivity index (χ1n) is 7.12. The predicted molar refractivity (Wildman–Crippen MR) is 92.6 cm³/mol. The van der Waals surface area contributed by atoms with E-state index in [-0.39, 0.29) is 21.0 Å². The molecule has 22 heavy (non-hydrogen) atoms. The van der Waals surface area contributed by atoms with Crippen LogP contribution in [0.15, 0.2) is 15.9 Å². The number of hydrogen-bond acceptors (Lipinski definition) is 4. The Kier molecular flexibility index (Phi) is 5.20. The zero-order chi connectivity index (χ0) is 16.4. The topological polar surface area (TPSA) is 78.9 Å². The Hall–Kier alpha value is -1.45. The molecule has 0 saturated carbocycles. The Labute approximate surface area is 141 Å². The summed E-state index contributed by atoms with van der Waals surface area (Å²) in [4.78, 5) is 40.4. The maximum absolute atomic E-state index is 12.4. The van der Waals surface area contributed by atoms with Crippen molar-refractivity contribution < 1.29 is 4.79 Å². The number of nitrogens with zero attached hydrogens (tertiary/aromatic N) is 4. The molecule has 0 N–H and O–H groups in total. The first-order chi connectivity index (χ1) is 10.3. The maximum atomic E-state index is 12.4. The second-order valence-corrected chi connectivity index (χ2v) is 7.23. The number of carbonyl (C=O) groups is 1. The first kappa shape index (κ1) is 16.9. The second kappa shape index (κ2) is 6.76. The highest BCUT2D eigenvalue weighted by Gasteiger charge is 2.15. The fourth-order valence-corrected chi connectivity index (χ4v) is 2.67. The monoisotopic (exact) mass is 418 g/mol. The van der Waals surface area contributed by atoms with Crippen molar-refractivity contribution in [2.24, 2.45) is 14.1 Å². The van der Waals surface area contributed by atoms with Crippen molar-refractivity contribution in [3.63, 3.8) is 0 Å². The summed E-state index contributed by atoms with van der Waals surface area (Å²) in [5.74, 6) is 0.197. The summed E-state index contributed by atoms with van der Waals surface area (Å²) in [5, 5.41) is 0. The first-order valence-corrected chi connectivity index (χ1v) is 8.36. The Morgan fingerprint density at radius 2 is 2.00 bits per heavy atom. The van der Waals surface area contributed by atoms with Gasteiger partial charge in [-0.25, -0.2) is 9.78 Å². The van der Waals surface area contributed by atoms with E-state index in [1.54, 1.807) is 18.7 Å². The molecule has 0 fully saturated rings. The smallest absolute Gasteiger partial charge is 0.328 e. The van der Waals surface area contributed by atoms with E-state index in [1.165, 1.54) is 15.5 Å². The predicted octanol–water partition coefficient (Wildman–Crippen LogP) is 0.997. The summed E-state index contributed by atoms with van der Waals surface area (Å²) in [6.45, 7) is 2.18. The van der Waals surface area contributed by atoms with Crippen LogP contribution >= 0.6 is 22.6 Å². The number of alkyl halides is 1. The number of fused-ring (bicyclic) bond motifs is 1. The van der Waals surface area contributed by atoms with E-state index in [1.807, 2.05) is 6.92 Å². The maximum Gasteiger partial charge on any atom is 0.332 e. The lowest BCUT2D eigenvalue weighted by atomic mass is 10.1. The van der Waals surface area contributed by atoms with E-state index in [0.29, 0.717) is 37.0 Å². The van der Waals surface area contributed by atoms with Crippen molar-refractivity contribution >= 4 is 39.5 Å². The minimum absolute atomic E-state index is 0.000940. The van der Waals surface area contributed by atoms with E-state index in [4.69, 9.17) is 0 Å². The Morgan fingerprint density at radius 3 is 2.64 bits per heavy atom. The summed E-state index contributed by atoms with van der Waals surface area (Å²) in [7, 11) is 3.33. The molecule has 2 aromatic rings. The van der Waals surface area contributed by atoms with Gasteiger partial charge in [0.2, 0.25) is 0 Å². The van der Waals surface area contributed by atoms with Crippen molar-refractivity contribution in [2.45, 2.75) is 36.7 Å². The van der Waals surface area contributed by atoms with Crippen LogP contribution in [-0.2, 0) is 25.4 Å². The molecule has 0 aromatic carbocycles. The van der Waals surface area contributed by atoms with Crippen LogP contribution in [0.1, 0.15) is 26.2 Å². The van der Waals surface area contributed by atoms with Crippen molar-refractivity contribution in [1.82, 2.24) is 18.7 Å². The number of imidazole rings is 1. The van der Waals surface area contributed by atoms with Crippen LogP contribution in [0.3, 0.4) is 0 Å². The number of aryl methyl sites for hydroxylation is 2. The van der Waals surface area contributed by atoms with E-state index < -0.39 is 0 Å². The Morgan fingerprint density at radius 1 is 1.32 bits per heavy atom. The molecule has 0 saturated heterocycles. The SMILES string of the molecule is CC(I)C(=O)CCCCn1c(=O)c2c(ncn2C)n(C)c1=O. The highest BCUT2D eigenvalue weighted by molar-refractivity contribution is 14.1. The number of aromatic nitrogens is 4. The van der Waals surface area contributed by atoms with Crippen molar-refractivity contribution in [1.29, 1.82) is 0 Å². The number of rotatable bonds is 6. The van der Waals surface area contributed by atoms with Crippen LogP contribution in [-0.4, -0.2) is 28.4 Å². The average molecular weight is 418 g/mol. The van der Waals surface area contributed by atoms with Gasteiger partial charge >= 0.3 is 5.69 Å². The van der Waals surface area contributed by atoms with Gasteiger partial charge in [0, 0.05) is 27.1 Å². The number of halogens is 1. The van der Waals surface area contributed by atoms with Gasteiger partial charge in [-0.3, -0.25) is 18.7 Å². The minimum Gasteiger partial charge on any atom is -0.328 e. The lowest BCUT2D eigenvalue weighted by Crippen LogP contribution is -2.39. The number of Topliss-reactive ketones (excluding diaryl/α,β-unsaturated/α-hetero) is 1. The molecule has 0 spiro atoms. The minimum atomic E-state index is -0.371. The number of unbranched alkanes of at least 4 members (excludes halogenated alkanes) is 1. The third-order valence-electron chi connectivity index (χ3n) is 3.70. The van der Waals surface area contributed by atoms with Crippen LogP contribution < -0.4 is 11.2 Å². The van der Waals surface area contributed by atoms with Gasteiger partial charge < -0.3 is 4.57 Å². The van der Waals surface area contributed by atoms with Gasteiger partial charge in [-0.05, 0) is 19.8 Å². The molecule has 7 nitrogen and oxygen atoms in total. The zero-order valence-electron chi connectivity index (χ0n) is 12.9. The molecule has 1 atom stereocenters. The van der Waals surface area contributed by atoms with Crippen LogP contribution in [0.4, 0.5) is 0 Å². The number of carbonyl (C=O) groups excluding carboxylic acids is 1. The molecule has 0 radical (unpaired) electrons. The average Bonchev–Trinajstić information content (AvgIpc) is 2.85. The van der Waals surface area contributed by atoms with Crippen LogP contribution in [0.5, 0.6) is 0 Å². The number of ketones is 1. The highest BCUT2D eigenvalue weighted by atomic mass is 127. The summed E-state index contributed by atoms with van der Waals surface area (Å²) >= 11 is 2.09. The molecule has 0 aliphatic rings. The molecule has 120 valence electrons. The molecule has 0 aliphatic heterocycles. The molecule has 0 amide bonds. The highest BCUT2D eigenvalue weighted by Crippen LogP contribution is 2.08. The lowest BCUT2D eigenvalue weighted by molar-refractivity contribution is -0.118. The zero-order valence-corrected chi connectivity index (χ0v) is 15.0. The lowest BCUT2D eigenvalue weighted by Gasteiger charge is -2.08. The van der Waals surface area contributed by atoms with Crippen molar-refractivity contribution in [3.05, 3.63) is 27.2 Å². The summed E-state index contributed by atoms with van der Waals surface area (Å²) in [5.41, 5.74) is 0.109. The normalized spacial score (nSPS) is 12.7. The number of hydrogen-bond donors (Lipinski definition) is 0. The van der Waals surface area contributed by atoms with Gasteiger partial charge in [0.05, 0.1) is 10.3 Å². The van der Waals surface area contributed by atoms with Gasteiger partial charge in [-0.1, -0.05) is 22.6 Å². The molecule has 0 aliphatic carbocycles. The Balaban J connectivity index is 2.22. The molecule has 2 rings (SSSR count). The summed E-state index contributed by atoms with van der Waals surface area (Å²) in [6, 6.07) is 0. The van der Waals surface area contributed by atoms with E-state index in [0.717, 1.165) is 0 Å². The van der Waals surface area contributed by atoms with Crippen LogP contribution in [0.25, 0.3) is 11.2 Å². The van der Waals surface area contributed by atoms with Gasteiger partial charge in [-0.15, -0.1) is 0 Å². The fourth-order valence-electron chi connectivity index (χ4n) is 2.36. The molecule has 8 heteroatoms. The molecular formula is C14H19IN4O3. The van der Waals surface area contributed by atoms with E-state index in [2.05, 4.69) is 27.6 Å². The quantitative estimate of drug-likeness (QED) is 0.399. The van der Waals surface area contributed by atoms with Gasteiger partial charge in [0.15, 0.2) is 11.2 Å². The third kappa shape index (κ3) is 3.16. The standard InChI is InChI=1S/C14H19IN4O3/c1-9(15)10(20)6-4-5-7-19-13(21)11-12(16-8-17(11)2)18(3)14(19)22/h8-9H,4-7H2,1-3H3. The van der Waals surface area contributed by atoms with E-state index in [9.17, 15) is 14.4 Å². The van der Waals surface area contributed by atoms with Gasteiger partial charge in [-0.2, -0.15) is 0 Å². The fraction of sp³-hybridized carbons (Fsp3) is 0.571. The molecule has 2 heterocycles. The molecular weight excluding hydrogens is 399 g/mol. The second-order valence-electron chi connectivity index (χ2n) is 5.37. The third-order valence-corrected chi connectivity index (χ3v) is 4.39. The van der Waals surface area contributed by atoms with Crippen molar-refractivity contribution in [2.75, 3.05) is 0 Å². The van der Waals surface area contributed by atoms with Crippen molar-refractivity contribution in [3.8, 4) is 0 Å². The van der Waals surface area contributed by atoms with Gasteiger partial charge in [0.1, 0.15) is 5.78 Å². The molecule has 2 aromatic heterocycles. The molecule has 0 bridgehead atoms. The van der Waals surface area contributed by atoms with Crippen LogP contribution in [0, 0.1) is 0 Å². The summed E-state index contributed by atoms with van der Waals surface area (Å²) in [6.07, 6.45) is 3.29.